The lowest BCUT2D eigenvalue weighted by atomic mass is 9.99. The van der Waals surface area contributed by atoms with Crippen LogP contribution in [0.25, 0.3) is 0 Å². The van der Waals surface area contributed by atoms with Crippen LogP contribution in [0.15, 0.2) is 24.3 Å². The van der Waals surface area contributed by atoms with Gasteiger partial charge in [0.05, 0.1) is 18.8 Å². The molecule has 3 rings (SSSR count). The van der Waals surface area contributed by atoms with Crippen molar-refractivity contribution in [2.24, 2.45) is 5.73 Å². The summed E-state index contributed by atoms with van der Waals surface area (Å²) in [6.07, 6.45) is 4.47. The molecule has 124 valence electrons. The smallest absolute Gasteiger partial charge is 0.312 e. The van der Waals surface area contributed by atoms with Crippen molar-refractivity contribution in [3.05, 3.63) is 35.4 Å². The number of rotatable bonds is 3. The van der Waals surface area contributed by atoms with Crippen LogP contribution in [0.3, 0.4) is 0 Å². The third kappa shape index (κ3) is 3.64. The van der Waals surface area contributed by atoms with Crippen molar-refractivity contribution in [3.63, 3.8) is 0 Å². The molecule has 1 aliphatic heterocycles. The maximum absolute atomic E-state index is 12.7. The lowest BCUT2D eigenvalue weighted by Gasteiger charge is -2.40. The Morgan fingerprint density at radius 2 is 1.91 bits per heavy atom. The van der Waals surface area contributed by atoms with Gasteiger partial charge < -0.3 is 20.7 Å². The molecule has 3 N–H and O–H groups in total. The Kier molecular flexibility index (Phi) is 4.52. The van der Waals surface area contributed by atoms with Gasteiger partial charge >= 0.3 is 6.03 Å². The molecule has 3 amide bonds. The van der Waals surface area contributed by atoms with Crippen molar-refractivity contribution in [3.8, 4) is 0 Å². The van der Waals surface area contributed by atoms with Gasteiger partial charge in [-0.15, -0.1) is 0 Å². The van der Waals surface area contributed by atoms with E-state index >= 15 is 0 Å². The normalized spacial score (nSPS) is 19.7. The van der Waals surface area contributed by atoms with Gasteiger partial charge in [0, 0.05) is 18.7 Å². The second-order valence-electron chi connectivity index (χ2n) is 6.38. The third-order valence-electron chi connectivity index (χ3n) is 4.72. The highest BCUT2D eigenvalue weighted by Gasteiger charge is 2.40. The molecule has 1 spiro atoms. The summed E-state index contributed by atoms with van der Waals surface area (Å²) in [6, 6.07) is 6.73. The van der Waals surface area contributed by atoms with Crippen LogP contribution >= 0.6 is 0 Å². The van der Waals surface area contributed by atoms with E-state index in [-0.39, 0.29) is 11.5 Å². The van der Waals surface area contributed by atoms with E-state index in [2.05, 4.69) is 5.32 Å². The van der Waals surface area contributed by atoms with Gasteiger partial charge in [0.2, 0.25) is 0 Å². The molecule has 2 aliphatic rings. The Morgan fingerprint density at radius 1 is 1.22 bits per heavy atom. The number of carbonyl (C=O) groups is 2. The first-order chi connectivity index (χ1) is 11.1. The van der Waals surface area contributed by atoms with Crippen molar-refractivity contribution in [2.75, 3.05) is 19.7 Å². The Hall–Kier alpha value is -2.08. The summed E-state index contributed by atoms with van der Waals surface area (Å²) in [4.78, 5) is 25.3. The first kappa shape index (κ1) is 15.8. The van der Waals surface area contributed by atoms with Crippen LogP contribution in [0.1, 0.15) is 41.6 Å². The molecule has 1 aliphatic carbocycles. The molecule has 1 saturated heterocycles. The molecule has 0 bridgehead atoms. The Morgan fingerprint density at radius 3 is 2.57 bits per heavy atom. The number of hydrogen-bond acceptors (Lipinski definition) is 3. The highest BCUT2D eigenvalue weighted by Crippen LogP contribution is 2.36. The average molecular weight is 317 g/mol. The Labute approximate surface area is 136 Å². The van der Waals surface area contributed by atoms with E-state index in [1.54, 1.807) is 12.1 Å². The highest BCUT2D eigenvalue weighted by molar-refractivity contribution is 5.94. The van der Waals surface area contributed by atoms with E-state index in [4.69, 9.17) is 10.5 Å². The van der Waals surface area contributed by atoms with Crippen LogP contribution in [-0.2, 0) is 11.3 Å². The fraction of sp³-hybridized carbons (Fsp3) is 0.529. The van der Waals surface area contributed by atoms with E-state index in [0.29, 0.717) is 31.8 Å². The molecule has 1 heterocycles. The summed E-state index contributed by atoms with van der Waals surface area (Å²) in [5.74, 6) is 0.0500. The zero-order valence-corrected chi connectivity index (χ0v) is 13.2. The summed E-state index contributed by atoms with van der Waals surface area (Å²) in [5.41, 5.74) is 6.52. The SMILES string of the molecule is NC(=O)NCc1ccc(C(=O)N2CCOC3(CCCC3)C2)cc1. The molecule has 0 aromatic heterocycles. The summed E-state index contributed by atoms with van der Waals surface area (Å²) in [5, 5.41) is 2.53. The summed E-state index contributed by atoms with van der Waals surface area (Å²) < 4.78 is 5.97. The van der Waals surface area contributed by atoms with E-state index < -0.39 is 6.03 Å². The molecule has 0 radical (unpaired) electrons. The number of ether oxygens (including phenoxy) is 1. The molecule has 6 nitrogen and oxygen atoms in total. The zero-order valence-electron chi connectivity index (χ0n) is 13.2. The average Bonchev–Trinajstić information content (AvgIpc) is 3.00. The third-order valence-corrected chi connectivity index (χ3v) is 4.72. The zero-order chi connectivity index (χ0) is 16.3. The minimum absolute atomic E-state index is 0.0500. The number of carbonyl (C=O) groups excluding carboxylic acids is 2. The van der Waals surface area contributed by atoms with Crippen LogP contribution in [0.5, 0.6) is 0 Å². The van der Waals surface area contributed by atoms with Crippen LogP contribution in [-0.4, -0.2) is 42.1 Å². The fourth-order valence-electron chi connectivity index (χ4n) is 3.48. The first-order valence-electron chi connectivity index (χ1n) is 8.13. The lowest BCUT2D eigenvalue weighted by molar-refractivity contribution is -0.0948. The number of nitrogens with one attached hydrogen (secondary N) is 1. The van der Waals surface area contributed by atoms with Crippen molar-refractivity contribution in [1.82, 2.24) is 10.2 Å². The number of morpholine rings is 1. The minimum Gasteiger partial charge on any atom is -0.371 e. The first-order valence-corrected chi connectivity index (χ1v) is 8.13. The van der Waals surface area contributed by atoms with E-state index in [1.807, 2.05) is 17.0 Å². The second kappa shape index (κ2) is 6.58. The van der Waals surface area contributed by atoms with Gasteiger partial charge in [0.15, 0.2) is 0 Å². The Bertz CT molecular complexity index is 579. The predicted molar refractivity (Wildman–Crippen MR) is 85.9 cm³/mol. The second-order valence-corrected chi connectivity index (χ2v) is 6.38. The number of primary amides is 1. The van der Waals surface area contributed by atoms with Crippen molar-refractivity contribution < 1.29 is 14.3 Å². The number of amides is 3. The van der Waals surface area contributed by atoms with Crippen molar-refractivity contribution in [1.29, 1.82) is 0 Å². The molecule has 6 heteroatoms. The molecule has 1 aromatic carbocycles. The molecule has 0 unspecified atom stereocenters. The molecule has 0 atom stereocenters. The maximum Gasteiger partial charge on any atom is 0.312 e. The predicted octanol–water partition coefficient (Wildman–Crippen LogP) is 1.64. The summed E-state index contributed by atoms with van der Waals surface area (Å²) in [6.45, 7) is 2.32. The standard InChI is InChI=1S/C17H23N3O3/c18-16(22)19-11-13-3-5-14(6-4-13)15(21)20-9-10-23-17(12-20)7-1-2-8-17/h3-6H,1-2,7-12H2,(H3,18,19,22). The van der Waals surface area contributed by atoms with E-state index in [0.717, 1.165) is 18.4 Å². The number of nitrogens with two attached hydrogens (primary N) is 1. The maximum atomic E-state index is 12.7. The van der Waals surface area contributed by atoms with Crippen LogP contribution < -0.4 is 11.1 Å². The van der Waals surface area contributed by atoms with Gasteiger partial charge in [-0.25, -0.2) is 4.79 Å². The van der Waals surface area contributed by atoms with Gasteiger partial charge in [0.1, 0.15) is 0 Å². The van der Waals surface area contributed by atoms with E-state index in [9.17, 15) is 9.59 Å². The number of nitrogens with zero attached hydrogens (tertiary/aromatic N) is 1. The van der Waals surface area contributed by atoms with Crippen LogP contribution in [0, 0.1) is 0 Å². The Balaban J connectivity index is 1.64. The molecule has 2 fully saturated rings. The van der Waals surface area contributed by atoms with Gasteiger partial charge in [-0.3, -0.25) is 4.79 Å². The van der Waals surface area contributed by atoms with Gasteiger partial charge in [-0.1, -0.05) is 25.0 Å². The molecular formula is C17H23N3O3. The molecule has 1 saturated carbocycles. The number of urea groups is 1. The molecule has 1 aromatic rings. The quantitative estimate of drug-likeness (QED) is 0.889. The topological polar surface area (TPSA) is 84.7 Å². The highest BCUT2D eigenvalue weighted by atomic mass is 16.5. The summed E-state index contributed by atoms with van der Waals surface area (Å²) >= 11 is 0. The van der Waals surface area contributed by atoms with Crippen molar-refractivity contribution >= 4 is 11.9 Å². The fourth-order valence-corrected chi connectivity index (χ4v) is 3.48. The van der Waals surface area contributed by atoms with Crippen molar-refractivity contribution in [2.45, 2.75) is 37.8 Å². The van der Waals surface area contributed by atoms with Crippen LogP contribution in [0.2, 0.25) is 0 Å². The number of hydrogen-bond donors (Lipinski definition) is 2. The van der Waals surface area contributed by atoms with Gasteiger partial charge in [-0.2, -0.15) is 0 Å². The molecular weight excluding hydrogens is 294 g/mol. The lowest BCUT2D eigenvalue weighted by Crippen LogP contribution is -2.52. The minimum atomic E-state index is -0.555. The van der Waals surface area contributed by atoms with E-state index in [1.165, 1.54) is 12.8 Å². The number of benzene rings is 1. The largest absolute Gasteiger partial charge is 0.371 e. The molecule has 23 heavy (non-hydrogen) atoms. The van der Waals surface area contributed by atoms with Gasteiger partial charge in [0.25, 0.3) is 5.91 Å². The van der Waals surface area contributed by atoms with Gasteiger partial charge in [-0.05, 0) is 30.5 Å². The van der Waals surface area contributed by atoms with Crippen LogP contribution in [0.4, 0.5) is 4.79 Å². The summed E-state index contributed by atoms with van der Waals surface area (Å²) in [7, 11) is 0. The monoisotopic (exact) mass is 317 g/mol.